The van der Waals surface area contributed by atoms with Gasteiger partial charge in [-0.15, -0.1) is 0 Å². The van der Waals surface area contributed by atoms with E-state index >= 15 is 0 Å². The number of nitrogens with one attached hydrogen (secondary N) is 2. The van der Waals surface area contributed by atoms with Gasteiger partial charge in [0.05, 0.1) is 27.1 Å². The van der Waals surface area contributed by atoms with Crippen LogP contribution in [-0.4, -0.2) is 85.4 Å². The number of carbonyl (C=O) groups is 6. The maximum absolute atomic E-state index is 13.6. The first-order chi connectivity index (χ1) is 22.9. The first kappa shape index (κ1) is 38.0. The standard InChI is InChI=1S/C32H40N4O10S2/c1-7-9-15-35-26(37)23(27(38)36(35)16-10-8-2)30-47-24-21(45-31(41)33-13-17-43-28(39)19(3)4)11-12-22(25(24)48-30)46-32(42)34-14-18-44-29(40)20(5)6/h11-12H,3,5,7-10,13-18H2,1-2,4,6H3,(H,33,41)(H,34,42). The third-order valence-corrected chi connectivity index (χ3v) is 9.21. The third-order valence-electron chi connectivity index (χ3n) is 6.58. The fourth-order valence-corrected chi connectivity index (χ4v) is 6.75. The van der Waals surface area contributed by atoms with E-state index in [2.05, 4.69) is 23.8 Å². The summed E-state index contributed by atoms with van der Waals surface area (Å²) >= 11 is 2.10. The molecule has 0 unspecified atom stereocenters. The highest BCUT2D eigenvalue weighted by molar-refractivity contribution is 8.25. The van der Waals surface area contributed by atoms with Crippen LogP contribution in [0, 0.1) is 0 Å². The molecule has 0 saturated carbocycles. The topological polar surface area (TPSA) is 170 Å². The van der Waals surface area contributed by atoms with Gasteiger partial charge in [-0.3, -0.25) is 9.59 Å². The second-order valence-electron chi connectivity index (χ2n) is 10.6. The summed E-state index contributed by atoms with van der Waals surface area (Å²) in [5, 5.41) is 7.92. The van der Waals surface area contributed by atoms with E-state index in [-0.39, 0.29) is 54.5 Å². The molecule has 2 aliphatic rings. The minimum absolute atomic E-state index is 0.0159. The molecule has 0 aliphatic carbocycles. The van der Waals surface area contributed by atoms with E-state index in [9.17, 15) is 28.8 Å². The van der Waals surface area contributed by atoms with Crippen molar-refractivity contribution < 1.29 is 47.7 Å². The molecule has 1 fully saturated rings. The number of hydrazine groups is 1. The lowest BCUT2D eigenvalue weighted by atomic mass is 10.3. The van der Waals surface area contributed by atoms with E-state index in [1.54, 1.807) is 0 Å². The molecule has 1 aromatic carbocycles. The van der Waals surface area contributed by atoms with Crippen LogP contribution in [0.2, 0.25) is 0 Å². The average Bonchev–Trinajstić information content (AvgIpc) is 3.58. The van der Waals surface area contributed by atoms with Crippen molar-refractivity contribution in [3.8, 4) is 11.5 Å². The molecule has 2 N–H and O–H groups in total. The molecule has 14 nitrogen and oxygen atoms in total. The van der Waals surface area contributed by atoms with Gasteiger partial charge in [0.25, 0.3) is 11.8 Å². The van der Waals surface area contributed by atoms with Crippen LogP contribution >= 0.6 is 23.5 Å². The van der Waals surface area contributed by atoms with Crippen LogP contribution in [-0.2, 0) is 28.7 Å². The van der Waals surface area contributed by atoms with Crippen LogP contribution < -0.4 is 20.1 Å². The predicted molar refractivity (Wildman–Crippen MR) is 178 cm³/mol. The van der Waals surface area contributed by atoms with Crippen molar-refractivity contribution in [1.82, 2.24) is 20.7 Å². The zero-order valence-corrected chi connectivity index (χ0v) is 29.1. The zero-order chi connectivity index (χ0) is 35.4. The summed E-state index contributed by atoms with van der Waals surface area (Å²) < 4.78 is 21.4. The Morgan fingerprint density at radius 2 is 1.12 bits per heavy atom. The third kappa shape index (κ3) is 10.0. The van der Waals surface area contributed by atoms with Gasteiger partial charge in [-0.05, 0) is 38.8 Å². The number of amides is 4. The number of thioether (sulfide) groups is 2. The lowest BCUT2D eigenvalue weighted by Gasteiger charge is -2.27. The molecule has 48 heavy (non-hydrogen) atoms. The average molecular weight is 705 g/mol. The molecule has 4 amide bonds. The van der Waals surface area contributed by atoms with Crippen molar-refractivity contribution in [1.29, 1.82) is 0 Å². The van der Waals surface area contributed by atoms with Crippen LogP contribution in [0.15, 0.2) is 56.0 Å². The van der Waals surface area contributed by atoms with Crippen LogP contribution in [0.4, 0.5) is 9.59 Å². The van der Waals surface area contributed by atoms with Gasteiger partial charge in [0.1, 0.15) is 30.3 Å². The highest BCUT2D eigenvalue weighted by Gasteiger charge is 2.44. The number of nitrogens with zero attached hydrogens (tertiary/aromatic N) is 2. The monoisotopic (exact) mass is 704 g/mol. The largest absolute Gasteiger partial charge is 0.460 e. The van der Waals surface area contributed by atoms with E-state index in [4.69, 9.17) is 18.9 Å². The van der Waals surface area contributed by atoms with E-state index in [1.807, 2.05) is 13.8 Å². The molecule has 0 radical (unpaired) electrons. The number of esters is 2. The molecule has 0 aromatic heterocycles. The number of carbonyl (C=O) groups excluding carboxylic acids is 6. The second kappa shape index (κ2) is 18.2. The number of hydrogen-bond acceptors (Lipinski definition) is 12. The Labute approximate surface area is 287 Å². The Hall–Kier alpha value is -4.44. The summed E-state index contributed by atoms with van der Waals surface area (Å²) in [6.45, 7) is 14.5. The van der Waals surface area contributed by atoms with Gasteiger partial charge in [0.2, 0.25) is 0 Å². The Morgan fingerprint density at radius 3 is 1.48 bits per heavy atom. The fraction of sp³-hybridized carbons (Fsp3) is 0.438. The van der Waals surface area contributed by atoms with Crippen LogP contribution in [0.1, 0.15) is 53.4 Å². The van der Waals surface area contributed by atoms with Gasteiger partial charge in [0.15, 0.2) is 0 Å². The molecule has 2 heterocycles. The molecule has 0 spiro atoms. The van der Waals surface area contributed by atoms with Gasteiger partial charge in [-0.2, -0.15) is 0 Å². The summed E-state index contributed by atoms with van der Waals surface area (Å²) in [6.07, 6.45) is 1.39. The quantitative estimate of drug-likeness (QED) is 0.105. The first-order valence-corrected chi connectivity index (χ1v) is 17.0. The van der Waals surface area contributed by atoms with Crippen LogP contribution in [0.5, 0.6) is 11.5 Å². The molecule has 260 valence electrons. The van der Waals surface area contributed by atoms with Crippen LogP contribution in [0.25, 0.3) is 0 Å². The van der Waals surface area contributed by atoms with Crippen molar-refractivity contribution >= 4 is 59.5 Å². The summed E-state index contributed by atoms with van der Waals surface area (Å²) in [6, 6.07) is 2.83. The number of ether oxygens (including phenoxy) is 4. The molecule has 0 atom stereocenters. The fourth-order valence-electron chi connectivity index (χ4n) is 4.10. The summed E-state index contributed by atoms with van der Waals surface area (Å²) in [4.78, 5) is 76.4. The van der Waals surface area contributed by atoms with E-state index in [0.29, 0.717) is 40.0 Å². The smallest absolute Gasteiger partial charge is 0.412 e. The Bertz CT molecular complexity index is 1400. The van der Waals surface area contributed by atoms with Crippen LogP contribution in [0.3, 0.4) is 0 Å². The van der Waals surface area contributed by atoms with Crippen molar-refractivity contribution in [3.05, 3.63) is 46.2 Å². The summed E-state index contributed by atoms with van der Waals surface area (Å²) in [7, 11) is 0. The van der Waals surface area contributed by atoms with Gasteiger partial charge in [-0.25, -0.2) is 29.2 Å². The molecule has 16 heteroatoms. The number of benzene rings is 1. The van der Waals surface area contributed by atoms with E-state index < -0.39 is 35.9 Å². The molecular weight excluding hydrogens is 665 g/mol. The lowest BCUT2D eigenvalue weighted by Crippen LogP contribution is -2.42. The summed E-state index contributed by atoms with van der Waals surface area (Å²) in [5.74, 6) is -1.89. The van der Waals surface area contributed by atoms with E-state index in [1.165, 1.54) is 36.0 Å². The second-order valence-corrected chi connectivity index (χ2v) is 12.9. The van der Waals surface area contributed by atoms with Gasteiger partial charge >= 0.3 is 24.1 Å². The van der Waals surface area contributed by atoms with Crippen molar-refractivity contribution in [2.24, 2.45) is 0 Å². The maximum Gasteiger partial charge on any atom is 0.412 e. The number of rotatable bonds is 16. The predicted octanol–water partition coefficient (Wildman–Crippen LogP) is 4.70. The van der Waals surface area contributed by atoms with Gasteiger partial charge < -0.3 is 29.6 Å². The Balaban J connectivity index is 1.85. The normalized spacial score (nSPS) is 13.7. The van der Waals surface area contributed by atoms with Gasteiger partial charge in [-0.1, -0.05) is 63.4 Å². The van der Waals surface area contributed by atoms with Gasteiger partial charge in [0, 0.05) is 24.2 Å². The van der Waals surface area contributed by atoms with Crippen molar-refractivity contribution in [2.75, 3.05) is 39.4 Å². The molecule has 1 aromatic rings. The molecule has 2 aliphatic heterocycles. The maximum atomic E-state index is 13.6. The Kier molecular flexibility index (Phi) is 14.4. The lowest BCUT2D eigenvalue weighted by molar-refractivity contribution is -0.147. The molecular formula is C32H40N4O10S2. The van der Waals surface area contributed by atoms with Crippen molar-refractivity contribution in [3.63, 3.8) is 0 Å². The van der Waals surface area contributed by atoms with E-state index in [0.717, 1.165) is 36.4 Å². The number of unbranched alkanes of at least 4 members (excludes halogenated alkanes) is 2. The highest BCUT2D eigenvalue weighted by Crippen LogP contribution is 2.59. The highest BCUT2D eigenvalue weighted by atomic mass is 32.2. The number of fused-ring (bicyclic) bond motifs is 1. The first-order valence-electron chi connectivity index (χ1n) is 15.4. The summed E-state index contributed by atoms with van der Waals surface area (Å²) in [5.41, 5.74) is 0.421. The molecule has 0 bridgehead atoms. The minimum atomic E-state index is -0.851. The zero-order valence-electron chi connectivity index (χ0n) is 27.4. The van der Waals surface area contributed by atoms with Crippen molar-refractivity contribution in [2.45, 2.75) is 63.2 Å². The minimum Gasteiger partial charge on any atom is -0.460 e. The number of hydrogen-bond donors (Lipinski definition) is 2. The SMILES string of the molecule is C=C(C)C(=O)OCCNC(=O)Oc1ccc(OC(=O)NCCOC(=O)C(=C)C)c2c1SC(=C1C(=O)N(CCCC)N(CCCC)C1=O)S2. The Morgan fingerprint density at radius 1 is 0.729 bits per heavy atom. The molecule has 3 rings (SSSR count). The molecule has 1 saturated heterocycles.